The molecule has 23 heavy (non-hydrogen) atoms. The number of carbonyl (C=O) groups is 2. The van der Waals surface area contributed by atoms with Gasteiger partial charge in [-0.2, -0.15) is 0 Å². The predicted molar refractivity (Wildman–Crippen MR) is 93.6 cm³/mol. The van der Waals surface area contributed by atoms with Gasteiger partial charge in [-0.1, -0.05) is 30.3 Å². The predicted octanol–water partition coefficient (Wildman–Crippen LogP) is 3.70. The van der Waals surface area contributed by atoms with Crippen LogP contribution in [0.3, 0.4) is 0 Å². The summed E-state index contributed by atoms with van der Waals surface area (Å²) in [5, 5.41) is -0.158. The van der Waals surface area contributed by atoms with E-state index in [1.54, 1.807) is 4.90 Å². The van der Waals surface area contributed by atoms with E-state index in [2.05, 4.69) is 12.6 Å². The Kier molecular flexibility index (Phi) is 5.40. The molecule has 2 rings (SSSR count). The third kappa shape index (κ3) is 4.74. The van der Waals surface area contributed by atoms with Crippen LogP contribution in [-0.2, 0) is 16.0 Å². The zero-order chi connectivity index (χ0) is 17.1. The van der Waals surface area contributed by atoms with Crippen LogP contribution < -0.4 is 0 Å². The SMILES string of the molecule is CC(C)(C)OC(=O)N1CCCC(Cc2ccccc2)(C(=O)S)C1. The van der Waals surface area contributed by atoms with E-state index in [9.17, 15) is 9.59 Å². The standard InChI is InChI=1S/C18H25NO3S/c1-17(2,3)22-16(21)19-11-7-10-18(13-19,15(20)23)12-14-8-5-4-6-9-14/h4-6,8-9H,7,10-13H2,1-3H3,(H,20,23). The third-order valence-electron chi connectivity index (χ3n) is 4.07. The highest BCUT2D eigenvalue weighted by atomic mass is 32.1. The number of benzene rings is 1. The van der Waals surface area contributed by atoms with Crippen LogP contribution >= 0.6 is 12.6 Å². The molecule has 1 aliphatic rings. The monoisotopic (exact) mass is 335 g/mol. The lowest BCUT2D eigenvalue weighted by Crippen LogP contribution is -2.51. The van der Waals surface area contributed by atoms with Gasteiger partial charge in [0.05, 0.1) is 5.41 Å². The number of nitrogens with zero attached hydrogens (tertiary/aromatic N) is 1. The first-order valence-electron chi connectivity index (χ1n) is 7.97. The Bertz CT molecular complexity index is 567. The van der Waals surface area contributed by atoms with Crippen molar-refractivity contribution in [2.24, 2.45) is 5.41 Å². The lowest BCUT2D eigenvalue weighted by molar-refractivity contribution is -0.122. The topological polar surface area (TPSA) is 46.6 Å². The van der Waals surface area contributed by atoms with Crippen molar-refractivity contribution in [3.05, 3.63) is 35.9 Å². The van der Waals surface area contributed by atoms with Crippen LogP contribution in [0.15, 0.2) is 30.3 Å². The van der Waals surface area contributed by atoms with Gasteiger partial charge in [0.2, 0.25) is 0 Å². The van der Waals surface area contributed by atoms with Gasteiger partial charge in [0.1, 0.15) is 5.60 Å². The van der Waals surface area contributed by atoms with Gasteiger partial charge in [0, 0.05) is 13.1 Å². The molecule has 0 spiro atoms. The Morgan fingerprint density at radius 3 is 2.48 bits per heavy atom. The molecule has 0 bridgehead atoms. The zero-order valence-corrected chi connectivity index (χ0v) is 14.9. The number of ether oxygens (including phenoxy) is 1. The third-order valence-corrected chi connectivity index (χ3v) is 4.54. The first-order valence-corrected chi connectivity index (χ1v) is 8.42. The molecule has 1 amide bonds. The minimum absolute atomic E-state index is 0.158. The van der Waals surface area contributed by atoms with Crippen molar-refractivity contribution in [2.75, 3.05) is 13.1 Å². The molecule has 126 valence electrons. The number of thiol groups is 1. The smallest absolute Gasteiger partial charge is 0.410 e. The number of carbonyl (C=O) groups excluding carboxylic acids is 2. The quantitative estimate of drug-likeness (QED) is 0.857. The second-order valence-corrected chi connectivity index (χ2v) is 7.66. The van der Waals surface area contributed by atoms with Crippen molar-refractivity contribution in [3.63, 3.8) is 0 Å². The average Bonchev–Trinajstić information content (AvgIpc) is 2.46. The largest absolute Gasteiger partial charge is 0.444 e. The molecular formula is C18H25NO3S. The Balaban J connectivity index is 2.17. The van der Waals surface area contributed by atoms with Gasteiger partial charge >= 0.3 is 6.09 Å². The summed E-state index contributed by atoms with van der Waals surface area (Å²) in [6, 6.07) is 9.88. The molecule has 1 aliphatic heterocycles. The molecule has 1 aromatic carbocycles. The van der Waals surface area contributed by atoms with Crippen LogP contribution in [-0.4, -0.2) is 34.8 Å². The maximum Gasteiger partial charge on any atom is 0.410 e. The van der Waals surface area contributed by atoms with Crippen LogP contribution in [0, 0.1) is 5.41 Å². The molecule has 1 fully saturated rings. The molecule has 5 heteroatoms. The summed E-state index contributed by atoms with van der Waals surface area (Å²) in [5.74, 6) is 0. The van der Waals surface area contributed by atoms with Gasteiger partial charge in [0.15, 0.2) is 5.12 Å². The summed E-state index contributed by atoms with van der Waals surface area (Å²) in [7, 11) is 0. The molecule has 0 N–H and O–H groups in total. The molecule has 0 aliphatic carbocycles. The highest BCUT2D eigenvalue weighted by molar-refractivity contribution is 7.96. The normalized spacial score (nSPS) is 21.8. The van der Waals surface area contributed by atoms with E-state index in [0.717, 1.165) is 18.4 Å². The molecule has 1 unspecified atom stereocenters. The minimum atomic E-state index is -0.639. The van der Waals surface area contributed by atoms with E-state index < -0.39 is 11.0 Å². The van der Waals surface area contributed by atoms with E-state index in [1.165, 1.54) is 0 Å². The fraction of sp³-hybridized carbons (Fsp3) is 0.556. The summed E-state index contributed by atoms with van der Waals surface area (Å²) in [4.78, 5) is 26.3. The summed E-state index contributed by atoms with van der Waals surface area (Å²) in [6.45, 7) is 6.51. The molecule has 0 aromatic heterocycles. The number of hydrogen-bond donors (Lipinski definition) is 1. The summed E-state index contributed by atoms with van der Waals surface area (Å²) < 4.78 is 5.45. The van der Waals surface area contributed by atoms with Crippen LogP contribution in [0.25, 0.3) is 0 Å². The average molecular weight is 335 g/mol. The van der Waals surface area contributed by atoms with Gasteiger partial charge in [-0.3, -0.25) is 4.79 Å². The van der Waals surface area contributed by atoms with E-state index in [0.29, 0.717) is 19.5 Å². The van der Waals surface area contributed by atoms with E-state index >= 15 is 0 Å². The summed E-state index contributed by atoms with van der Waals surface area (Å²) in [5.41, 5.74) is -0.0951. The van der Waals surface area contributed by atoms with Crippen molar-refractivity contribution in [2.45, 2.75) is 45.6 Å². The van der Waals surface area contributed by atoms with Gasteiger partial charge in [-0.15, -0.1) is 12.6 Å². The Hall–Kier alpha value is -1.49. The Labute approximate surface area is 143 Å². The molecular weight excluding hydrogens is 310 g/mol. The van der Waals surface area contributed by atoms with Gasteiger partial charge in [-0.25, -0.2) is 4.79 Å². The van der Waals surface area contributed by atoms with E-state index in [4.69, 9.17) is 4.74 Å². The van der Waals surface area contributed by atoms with Crippen LogP contribution in [0.5, 0.6) is 0 Å². The number of hydrogen-bond acceptors (Lipinski definition) is 3. The fourth-order valence-electron chi connectivity index (χ4n) is 3.00. The highest BCUT2D eigenvalue weighted by Crippen LogP contribution is 2.36. The van der Waals surface area contributed by atoms with Crippen molar-refractivity contribution in [1.82, 2.24) is 4.90 Å². The van der Waals surface area contributed by atoms with Crippen LogP contribution in [0.1, 0.15) is 39.2 Å². The maximum atomic E-state index is 12.3. The number of rotatable bonds is 3. The van der Waals surface area contributed by atoms with E-state index in [-0.39, 0.29) is 11.2 Å². The molecule has 1 saturated heterocycles. The second-order valence-electron chi connectivity index (χ2n) is 7.25. The summed E-state index contributed by atoms with van der Waals surface area (Å²) in [6.07, 6.45) is 1.75. The lowest BCUT2D eigenvalue weighted by atomic mass is 9.76. The van der Waals surface area contributed by atoms with Crippen molar-refractivity contribution < 1.29 is 14.3 Å². The van der Waals surface area contributed by atoms with Crippen LogP contribution in [0.4, 0.5) is 4.79 Å². The number of amides is 1. The molecule has 1 atom stereocenters. The van der Waals surface area contributed by atoms with Gasteiger partial charge < -0.3 is 9.64 Å². The zero-order valence-electron chi connectivity index (χ0n) is 14.0. The molecule has 1 aromatic rings. The van der Waals surface area contributed by atoms with Gasteiger partial charge in [0.25, 0.3) is 0 Å². The fourth-order valence-corrected chi connectivity index (χ4v) is 3.26. The highest BCUT2D eigenvalue weighted by Gasteiger charge is 2.42. The second kappa shape index (κ2) is 6.95. The first-order chi connectivity index (χ1) is 10.7. The Morgan fingerprint density at radius 1 is 1.26 bits per heavy atom. The maximum absolute atomic E-state index is 12.3. The Morgan fingerprint density at radius 2 is 1.91 bits per heavy atom. The first kappa shape index (κ1) is 17.9. The number of likely N-dealkylation sites (tertiary alicyclic amines) is 1. The molecule has 0 radical (unpaired) electrons. The molecule has 1 heterocycles. The number of piperidine rings is 1. The van der Waals surface area contributed by atoms with Gasteiger partial charge in [-0.05, 0) is 45.6 Å². The van der Waals surface area contributed by atoms with Crippen molar-refractivity contribution >= 4 is 23.8 Å². The van der Waals surface area contributed by atoms with Crippen molar-refractivity contribution in [1.29, 1.82) is 0 Å². The van der Waals surface area contributed by atoms with Crippen molar-refractivity contribution in [3.8, 4) is 0 Å². The molecule has 4 nitrogen and oxygen atoms in total. The summed E-state index contributed by atoms with van der Waals surface area (Å²) >= 11 is 4.13. The lowest BCUT2D eigenvalue weighted by Gasteiger charge is -2.41. The minimum Gasteiger partial charge on any atom is -0.444 e. The van der Waals surface area contributed by atoms with E-state index in [1.807, 2.05) is 51.1 Å². The molecule has 0 saturated carbocycles. The van der Waals surface area contributed by atoms with Crippen LogP contribution in [0.2, 0.25) is 0 Å².